The van der Waals surface area contributed by atoms with Crippen molar-refractivity contribution in [3.05, 3.63) is 26.1 Å². The molecule has 0 radical (unpaired) electrons. The van der Waals surface area contributed by atoms with E-state index >= 15 is 0 Å². The number of hydrogen-bond donors (Lipinski definition) is 1. The normalized spacial score (nSPS) is 10.8. The molecule has 0 aliphatic rings. The first-order valence-corrected chi connectivity index (χ1v) is 8.28. The molecule has 0 fully saturated rings. The van der Waals surface area contributed by atoms with Crippen molar-refractivity contribution in [2.24, 2.45) is 0 Å². The molecule has 0 aliphatic carbocycles. The average Bonchev–Trinajstić information content (AvgIpc) is 3.04. The van der Waals surface area contributed by atoms with Gasteiger partial charge in [-0.05, 0) is 24.9 Å². The number of ether oxygens (including phenoxy) is 1. The topological polar surface area (TPSA) is 77.0 Å². The van der Waals surface area contributed by atoms with Gasteiger partial charge in [-0.1, -0.05) is 17.8 Å². The van der Waals surface area contributed by atoms with Gasteiger partial charge in [-0.15, -0.1) is 16.4 Å². The molecule has 21 heavy (non-hydrogen) atoms. The van der Waals surface area contributed by atoms with Crippen LogP contribution in [0, 0.1) is 6.92 Å². The Morgan fingerprint density at radius 3 is 2.95 bits per heavy atom. The molecule has 0 aliphatic heterocycles. The molecule has 114 valence electrons. The van der Waals surface area contributed by atoms with Gasteiger partial charge in [0.25, 0.3) is 5.91 Å². The van der Waals surface area contributed by atoms with Crippen LogP contribution in [-0.2, 0) is 24.3 Å². The molecule has 2 aromatic rings. The molecule has 1 amide bonds. The van der Waals surface area contributed by atoms with Crippen molar-refractivity contribution in [3.63, 3.8) is 0 Å². The predicted octanol–water partition coefficient (Wildman–Crippen LogP) is 2.33. The number of methoxy groups -OCH3 is 1. The summed E-state index contributed by atoms with van der Waals surface area (Å²) in [4.78, 5) is 18.3. The maximum atomic E-state index is 12.2. The third kappa shape index (κ3) is 4.05. The van der Waals surface area contributed by atoms with Crippen molar-refractivity contribution in [1.29, 1.82) is 0 Å². The van der Waals surface area contributed by atoms with Gasteiger partial charge in [-0.25, -0.2) is 4.98 Å². The Hall–Kier alpha value is -1.38. The second kappa shape index (κ2) is 7.58. The number of nitrogens with zero attached hydrogens (tertiary/aromatic N) is 3. The summed E-state index contributed by atoms with van der Waals surface area (Å²) in [5, 5.41) is 7.85. The highest BCUT2D eigenvalue weighted by atomic mass is 32.1. The van der Waals surface area contributed by atoms with E-state index in [0.29, 0.717) is 18.0 Å². The summed E-state index contributed by atoms with van der Waals surface area (Å²) in [5.74, 6) is -0.116. The van der Waals surface area contributed by atoms with E-state index < -0.39 is 0 Å². The lowest BCUT2D eigenvalue weighted by Crippen LogP contribution is -2.22. The highest BCUT2D eigenvalue weighted by Gasteiger charge is 2.16. The van der Waals surface area contributed by atoms with Gasteiger partial charge >= 0.3 is 0 Å². The van der Waals surface area contributed by atoms with E-state index in [1.165, 1.54) is 0 Å². The molecule has 0 atom stereocenters. The quantitative estimate of drug-likeness (QED) is 0.845. The van der Waals surface area contributed by atoms with Crippen molar-refractivity contribution < 1.29 is 9.53 Å². The SMILES string of the molecule is CCCc1nnsc1C(=O)NCc1sc(COC)nc1C. The zero-order chi connectivity index (χ0) is 15.2. The number of hydrogen-bond acceptors (Lipinski definition) is 7. The lowest BCUT2D eigenvalue weighted by molar-refractivity contribution is 0.0954. The number of rotatable bonds is 7. The Kier molecular flexibility index (Phi) is 5.77. The Morgan fingerprint density at radius 1 is 1.43 bits per heavy atom. The zero-order valence-corrected chi connectivity index (χ0v) is 13.9. The summed E-state index contributed by atoms with van der Waals surface area (Å²) >= 11 is 2.70. The molecule has 2 rings (SSSR count). The van der Waals surface area contributed by atoms with E-state index in [9.17, 15) is 4.79 Å². The number of thiazole rings is 1. The van der Waals surface area contributed by atoms with Crippen LogP contribution in [0.5, 0.6) is 0 Å². The smallest absolute Gasteiger partial charge is 0.265 e. The van der Waals surface area contributed by atoms with Crippen molar-refractivity contribution in [2.75, 3.05) is 7.11 Å². The predicted molar refractivity (Wildman–Crippen MR) is 82.6 cm³/mol. The van der Waals surface area contributed by atoms with Crippen LogP contribution < -0.4 is 5.32 Å². The third-order valence-corrected chi connectivity index (χ3v) is 4.76. The number of carbonyl (C=O) groups is 1. The first-order chi connectivity index (χ1) is 10.2. The Morgan fingerprint density at radius 2 is 2.24 bits per heavy atom. The average molecular weight is 326 g/mol. The second-order valence-electron chi connectivity index (χ2n) is 4.53. The molecular formula is C13H18N4O2S2. The number of aryl methyl sites for hydroxylation is 2. The standard InChI is InChI=1S/C13H18N4O2S2/c1-4-5-9-12(21-17-16-9)13(18)14-6-10-8(2)15-11(20-10)7-19-3/h4-7H2,1-3H3,(H,14,18). The molecule has 0 unspecified atom stereocenters. The molecule has 1 N–H and O–H groups in total. The van der Waals surface area contributed by atoms with Crippen LogP contribution in [-0.4, -0.2) is 27.6 Å². The highest BCUT2D eigenvalue weighted by Crippen LogP contribution is 2.19. The molecule has 2 heterocycles. The van der Waals surface area contributed by atoms with E-state index in [-0.39, 0.29) is 5.91 Å². The van der Waals surface area contributed by atoms with Crippen LogP contribution >= 0.6 is 22.9 Å². The van der Waals surface area contributed by atoms with E-state index in [4.69, 9.17) is 4.74 Å². The van der Waals surface area contributed by atoms with E-state index in [1.807, 2.05) is 6.92 Å². The summed E-state index contributed by atoms with van der Waals surface area (Å²) in [6.07, 6.45) is 1.72. The Labute approximate surface area is 131 Å². The zero-order valence-electron chi connectivity index (χ0n) is 12.3. The number of aromatic nitrogens is 3. The molecule has 0 bridgehead atoms. The maximum absolute atomic E-state index is 12.2. The second-order valence-corrected chi connectivity index (χ2v) is 6.45. The molecule has 0 spiro atoms. The van der Waals surface area contributed by atoms with Crippen LogP contribution in [0.15, 0.2) is 0 Å². The van der Waals surface area contributed by atoms with Gasteiger partial charge in [0, 0.05) is 12.0 Å². The molecule has 6 nitrogen and oxygen atoms in total. The first-order valence-electron chi connectivity index (χ1n) is 6.69. The van der Waals surface area contributed by atoms with Crippen LogP contribution in [0.3, 0.4) is 0 Å². The maximum Gasteiger partial charge on any atom is 0.265 e. The summed E-state index contributed by atoms with van der Waals surface area (Å²) in [6.45, 7) is 4.96. The van der Waals surface area contributed by atoms with Gasteiger partial charge in [-0.2, -0.15) is 0 Å². The fourth-order valence-electron chi connectivity index (χ4n) is 1.86. The minimum Gasteiger partial charge on any atom is -0.378 e. The van der Waals surface area contributed by atoms with Crippen LogP contribution in [0.2, 0.25) is 0 Å². The van der Waals surface area contributed by atoms with Crippen molar-refractivity contribution >= 4 is 28.8 Å². The fraction of sp³-hybridized carbons (Fsp3) is 0.538. The van der Waals surface area contributed by atoms with Gasteiger partial charge in [-0.3, -0.25) is 4.79 Å². The Balaban J connectivity index is 1.99. The van der Waals surface area contributed by atoms with Gasteiger partial charge in [0.1, 0.15) is 9.88 Å². The minimum absolute atomic E-state index is 0.116. The Bertz CT molecular complexity index is 609. The third-order valence-electron chi connectivity index (χ3n) is 2.86. The van der Waals surface area contributed by atoms with Crippen molar-refractivity contribution in [2.45, 2.75) is 39.8 Å². The highest BCUT2D eigenvalue weighted by molar-refractivity contribution is 7.11. The van der Waals surface area contributed by atoms with Crippen molar-refractivity contribution in [1.82, 2.24) is 19.9 Å². The molecular weight excluding hydrogens is 308 g/mol. The molecule has 0 aromatic carbocycles. The van der Waals surface area contributed by atoms with Crippen LogP contribution in [0.25, 0.3) is 0 Å². The van der Waals surface area contributed by atoms with Crippen LogP contribution in [0.1, 0.15) is 44.3 Å². The lowest BCUT2D eigenvalue weighted by atomic mass is 10.2. The lowest BCUT2D eigenvalue weighted by Gasteiger charge is -2.03. The van der Waals surface area contributed by atoms with Gasteiger partial charge < -0.3 is 10.1 Å². The summed E-state index contributed by atoms with van der Waals surface area (Å²) < 4.78 is 8.94. The summed E-state index contributed by atoms with van der Waals surface area (Å²) in [5.41, 5.74) is 1.71. The van der Waals surface area contributed by atoms with Crippen molar-refractivity contribution in [3.8, 4) is 0 Å². The molecule has 2 aromatic heterocycles. The summed E-state index contributed by atoms with van der Waals surface area (Å²) in [6, 6.07) is 0. The molecule has 0 saturated heterocycles. The number of amides is 1. The largest absolute Gasteiger partial charge is 0.378 e. The van der Waals surface area contributed by atoms with E-state index in [2.05, 4.69) is 26.8 Å². The van der Waals surface area contributed by atoms with Gasteiger partial charge in [0.05, 0.1) is 24.5 Å². The monoisotopic (exact) mass is 326 g/mol. The minimum atomic E-state index is -0.116. The number of nitrogens with one attached hydrogen (secondary N) is 1. The molecule has 0 saturated carbocycles. The fourth-order valence-corrected chi connectivity index (χ4v) is 3.47. The van der Waals surface area contributed by atoms with E-state index in [0.717, 1.165) is 45.6 Å². The van der Waals surface area contributed by atoms with Crippen LogP contribution in [0.4, 0.5) is 0 Å². The van der Waals surface area contributed by atoms with Gasteiger partial charge in [0.15, 0.2) is 0 Å². The summed E-state index contributed by atoms with van der Waals surface area (Å²) in [7, 11) is 1.64. The first kappa shape index (κ1) is 16.0. The van der Waals surface area contributed by atoms with Gasteiger partial charge in [0.2, 0.25) is 0 Å². The van der Waals surface area contributed by atoms with E-state index in [1.54, 1.807) is 18.4 Å². The number of carbonyl (C=O) groups excluding carboxylic acids is 1. The molecule has 8 heteroatoms.